The molecule has 0 unspecified atom stereocenters. The number of hydrogen-bond donors (Lipinski definition) is 3. The van der Waals surface area contributed by atoms with Gasteiger partial charge in [-0.25, -0.2) is 0 Å². The molecule has 22 heavy (non-hydrogen) atoms. The zero-order valence-corrected chi connectivity index (χ0v) is 13.8. The third kappa shape index (κ3) is 2.59. The van der Waals surface area contributed by atoms with Crippen LogP contribution in [0, 0.1) is 5.92 Å². The summed E-state index contributed by atoms with van der Waals surface area (Å²) in [5, 5.41) is 20.3. The summed E-state index contributed by atoms with van der Waals surface area (Å²) >= 11 is 0. The first-order valence-corrected chi connectivity index (χ1v) is 7.41. The van der Waals surface area contributed by atoms with Crippen molar-refractivity contribution >= 4 is 33.8 Å². The maximum Gasteiger partial charge on any atom is 0.272 e. The van der Waals surface area contributed by atoms with Gasteiger partial charge in [0.1, 0.15) is 5.75 Å². The molecule has 1 aromatic carbocycles. The minimum absolute atomic E-state index is 0. The summed E-state index contributed by atoms with van der Waals surface area (Å²) in [7, 11) is 0. The zero-order valence-electron chi connectivity index (χ0n) is 12.1. The van der Waals surface area contributed by atoms with Crippen LogP contribution in [0.15, 0.2) is 18.2 Å². The van der Waals surface area contributed by atoms with Crippen LogP contribution in [0.2, 0.25) is 0 Å². The average molecular weight is 367 g/mol. The molecule has 3 aliphatic heterocycles. The van der Waals surface area contributed by atoms with Crippen molar-refractivity contribution in [3.63, 3.8) is 0 Å². The molecule has 2 bridgehead atoms. The molecule has 7 heteroatoms. The Labute approximate surface area is 138 Å². The van der Waals surface area contributed by atoms with E-state index in [0.29, 0.717) is 17.0 Å². The predicted octanol–water partition coefficient (Wildman–Crippen LogP) is 1.67. The van der Waals surface area contributed by atoms with Crippen LogP contribution in [-0.2, 0) is 0 Å². The van der Waals surface area contributed by atoms with Gasteiger partial charge in [-0.15, -0.1) is 17.0 Å². The van der Waals surface area contributed by atoms with Crippen molar-refractivity contribution in [2.45, 2.75) is 18.9 Å². The standard InChI is InChI=1S/C15H18N4O2.BrH/c20-10-1-2-12-11(7-10)14(18-17-12)15(21)16-13-8-19-5-3-9(13)4-6-19;/h1-2,7,9,13,20H,3-6,8H2,(H,16,21)(H,17,18);1H/t13-;/m1./s1. The van der Waals surface area contributed by atoms with Crippen LogP contribution >= 0.6 is 17.0 Å². The molecule has 1 amide bonds. The fraction of sp³-hybridized carbons (Fsp3) is 0.467. The first-order valence-electron chi connectivity index (χ1n) is 7.41. The van der Waals surface area contributed by atoms with Gasteiger partial charge in [-0.2, -0.15) is 5.10 Å². The van der Waals surface area contributed by atoms with Crippen LogP contribution in [0.1, 0.15) is 23.3 Å². The van der Waals surface area contributed by atoms with E-state index in [0.717, 1.165) is 38.0 Å². The van der Waals surface area contributed by atoms with E-state index < -0.39 is 0 Å². The molecule has 2 aromatic rings. The van der Waals surface area contributed by atoms with Gasteiger partial charge in [-0.05, 0) is 50.0 Å². The highest BCUT2D eigenvalue weighted by Gasteiger charge is 2.35. The lowest BCUT2D eigenvalue weighted by Gasteiger charge is -2.44. The molecule has 0 saturated carbocycles. The first-order chi connectivity index (χ1) is 10.2. The van der Waals surface area contributed by atoms with Crippen molar-refractivity contribution in [3.8, 4) is 5.75 Å². The van der Waals surface area contributed by atoms with Gasteiger partial charge in [0.05, 0.1) is 5.52 Å². The molecule has 3 fully saturated rings. The third-order valence-electron chi connectivity index (χ3n) is 4.73. The van der Waals surface area contributed by atoms with Gasteiger partial charge < -0.3 is 15.3 Å². The van der Waals surface area contributed by atoms with Crippen molar-refractivity contribution in [2.75, 3.05) is 19.6 Å². The van der Waals surface area contributed by atoms with Crippen LogP contribution in [-0.4, -0.2) is 51.8 Å². The number of H-pyrrole nitrogens is 1. The number of amides is 1. The number of aromatic amines is 1. The highest BCUT2D eigenvalue weighted by molar-refractivity contribution is 8.93. The second-order valence-corrected chi connectivity index (χ2v) is 6.02. The summed E-state index contributed by atoms with van der Waals surface area (Å²) in [6.45, 7) is 3.23. The second kappa shape index (κ2) is 5.89. The monoisotopic (exact) mass is 366 g/mol. The van der Waals surface area contributed by atoms with Gasteiger partial charge >= 0.3 is 0 Å². The highest BCUT2D eigenvalue weighted by atomic mass is 79.9. The summed E-state index contributed by atoms with van der Waals surface area (Å²) in [4.78, 5) is 14.9. The van der Waals surface area contributed by atoms with E-state index in [1.54, 1.807) is 18.2 Å². The zero-order chi connectivity index (χ0) is 14.4. The Balaban J connectivity index is 0.00000144. The molecule has 0 radical (unpaired) electrons. The van der Waals surface area contributed by atoms with Crippen molar-refractivity contribution in [1.82, 2.24) is 20.4 Å². The van der Waals surface area contributed by atoms with Crippen LogP contribution in [0.5, 0.6) is 5.75 Å². The molecular formula is C15H19BrN4O2. The Kier molecular flexibility index (Phi) is 4.10. The predicted molar refractivity (Wildman–Crippen MR) is 88.5 cm³/mol. The lowest BCUT2D eigenvalue weighted by atomic mass is 9.84. The molecular weight excluding hydrogens is 348 g/mol. The Morgan fingerprint density at radius 2 is 2.14 bits per heavy atom. The van der Waals surface area contributed by atoms with Crippen LogP contribution in [0.4, 0.5) is 0 Å². The quantitative estimate of drug-likeness (QED) is 0.754. The van der Waals surface area contributed by atoms with Gasteiger partial charge in [-0.1, -0.05) is 0 Å². The van der Waals surface area contributed by atoms with E-state index in [-0.39, 0.29) is 34.7 Å². The number of halogens is 1. The molecule has 3 aliphatic rings. The van der Waals surface area contributed by atoms with E-state index in [4.69, 9.17) is 0 Å². The number of rotatable bonds is 2. The molecule has 0 aliphatic carbocycles. The fourth-order valence-corrected chi connectivity index (χ4v) is 3.54. The number of hydrogen-bond acceptors (Lipinski definition) is 4. The van der Waals surface area contributed by atoms with Gasteiger partial charge in [0.2, 0.25) is 0 Å². The lowest BCUT2D eigenvalue weighted by Crippen LogP contribution is -2.57. The van der Waals surface area contributed by atoms with Gasteiger partial charge in [0.15, 0.2) is 5.69 Å². The number of phenols is 1. The maximum absolute atomic E-state index is 12.5. The number of fused-ring (bicyclic) bond motifs is 4. The van der Waals surface area contributed by atoms with Crippen LogP contribution in [0.25, 0.3) is 10.9 Å². The third-order valence-corrected chi connectivity index (χ3v) is 4.73. The van der Waals surface area contributed by atoms with Crippen LogP contribution in [0.3, 0.4) is 0 Å². The molecule has 0 spiro atoms. The molecule has 118 valence electrons. The number of nitrogens with one attached hydrogen (secondary N) is 2. The summed E-state index contributed by atoms with van der Waals surface area (Å²) in [5.41, 5.74) is 1.12. The van der Waals surface area contributed by atoms with E-state index in [1.165, 1.54) is 0 Å². The molecule has 6 nitrogen and oxygen atoms in total. The van der Waals surface area contributed by atoms with Crippen LogP contribution < -0.4 is 5.32 Å². The number of piperidine rings is 3. The Morgan fingerprint density at radius 3 is 2.82 bits per heavy atom. The van der Waals surface area contributed by atoms with E-state index in [2.05, 4.69) is 20.4 Å². The molecule has 3 N–H and O–H groups in total. The van der Waals surface area contributed by atoms with Crippen molar-refractivity contribution in [2.24, 2.45) is 5.92 Å². The highest BCUT2D eigenvalue weighted by Crippen LogP contribution is 2.28. The first kappa shape index (κ1) is 15.3. The second-order valence-electron chi connectivity index (χ2n) is 6.02. The lowest BCUT2D eigenvalue weighted by molar-refractivity contribution is 0.0618. The summed E-state index contributed by atoms with van der Waals surface area (Å²) in [6, 6.07) is 5.09. The average Bonchev–Trinajstić information content (AvgIpc) is 2.91. The van der Waals surface area contributed by atoms with E-state index in [1.807, 2.05) is 0 Å². The smallest absolute Gasteiger partial charge is 0.272 e. The minimum Gasteiger partial charge on any atom is -0.508 e. The van der Waals surface area contributed by atoms with Gasteiger partial charge in [0.25, 0.3) is 5.91 Å². The van der Waals surface area contributed by atoms with Crippen molar-refractivity contribution < 1.29 is 9.90 Å². The van der Waals surface area contributed by atoms with E-state index in [9.17, 15) is 9.90 Å². The van der Waals surface area contributed by atoms with Crippen molar-refractivity contribution in [3.05, 3.63) is 23.9 Å². The molecule has 5 rings (SSSR count). The Morgan fingerprint density at radius 1 is 1.36 bits per heavy atom. The van der Waals surface area contributed by atoms with Crippen molar-refractivity contribution in [1.29, 1.82) is 0 Å². The van der Waals surface area contributed by atoms with E-state index >= 15 is 0 Å². The summed E-state index contributed by atoms with van der Waals surface area (Å²) in [5.74, 6) is 0.559. The Bertz CT molecular complexity index is 694. The fourth-order valence-electron chi connectivity index (χ4n) is 3.54. The SMILES string of the molecule is Br.O=C(N[C@@H]1CN2CCC1CC2)c1n[nH]c2ccc(O)cc12. The minimum atomic E-state index is -0.161. The number of carbonyl (C=O) groups is 1. The van der Waals surface area contributed by atoms with Gasteiger partial charge in [0, 0.05) is 18.0 Å². The number of phenolic OH excluding ortho intramolecular Hbond substituents is 1. The van der Waals surface area contributed by atoms with Gasteiger partial charge in [-0.3, -0.25) is 9.89 Å². The topological polar surface area (TPSA) is 81.2 Å². The summed E-state index contributed by atoms with van der Waals surface area (Å²) in [6.07, 6.45) is 2.32. The number of aromatic nitrogens is 2. The molecule has 1 aromatic heterocycles. The number of aromatic hydroxyl groups is 1. The number of benzene rings is 1. The molecule has 4 heterocycles. The largest absolute Gasteiger partial charge is 0.508 e. The Hall–Kier alpha value is -1.60. The normalized spacial score (nSPS) is 26.6. The summed E-state index contributed by atoms with van der Waals surface area (Å²) < 4.78 is 0. The molecule has 1 atom stereocenters. The number of carbonyl (C=O) groups excluding carboxylic acids is 1. The molecule has 3 saturated heterocycles. The maximum atomic E-state index is 12.5. The number of nitrogens with zero attached hydrogens (tertiary/aromatic N) is 2.